The van der Waals surface area contributed by atoms with E-state index in [0.717, 1.165) is 12.8 Å². The molecule has 0 aromatic carbocycles. The van der Waals surface area contributed by atoms with E-state index in [2.05, 4.69) is 41.5 Å². The molecule has 1 heterocycles. The zero-order valence-corrected chi connectivity index (χ0v) is 10.5. The number of hydrogen-bond donors (Lipinski definition) is 1. The molecule has 2 nitrogen and oxygen atoms in total. The average molecular weight is 199 g/mol. The fourth-order valence-electron chi connectivity index (χ4n) is 2.84. The van der Waals surface area contributed by atoms with Crippen molar-refractivity contribution in [2.24, 2.45) is 11.7 Å². The van der Waals surface area contributed by atoms with Gasteiger partial charge in [-0.3, -0.25) is 0 Å². The zero-order chi connectivity index (χ0) is 11.2. The molecule has 0 spiro atoms. The Balaban J connectivity index is 2.91. The standard InChI is InChI=1S/C12H25NO/c1-7-12(6,13)9-8-10(2,3)14-11(9,4)5/h9H,7-8,13H2,1-6H3. The fraction of sp³-hybridized carbons (Fsp3) is 1.00. The first-order valence-corrected chi connectivity index (χ1v) is 5.60. The monoisotopic (exact) mass is 199 g/mol. The summed E-state index contributed by atoms with van der Waals surface area (Å²) in [4.78, 5) is 0. The van der Waals surface area contributed by atoms with Crippen molar-refractivity contribution in [1.29, 1.82) is 0 Å². The molecular weight excluding hydrogens is 174 g/mol. The van der Waals surface area contributed by atoms with E-state index in [9.17, 15) is 0 Å². The molecule has 0 aromatic heterocycles. The van der Waals surface area contributed by atoms with Gasteiger partial charge in [0.25, 0.3) is 0 Å². The van der Waals surface area contributed by atoms with E-state index in [1.165, 1.54) is 0 Å². The Hall–Kier alpha value is -0.0800. The van der Waals surface area contributed by atoms with Gasteiger partial charge in [0, 0.05) is 11.5 Å². The van der Waals surface area contributed by atoms with Crippen LogP contribution < -0.4 is 5.73 Å². The third kappa shape index (κ3) is 2.12. The number of ether oxygens (including phenoxy) is 1. The molecule has 0 aliphatic carbocycles. The van der Waals surface area contributed by atoms with Crippen LogP contribution in [0.25, 0.3) is 0 Å². The molecule has 2 atom stereocenters. The van der Waals surface area contributed by atoms with Crippen molar-refractivity contribution in [2.75, 3.05) is 0 Å². The second-order valence-electron chi connectivity index (χ2n) is 6.08. The maximum atomic E-state index is 6.34. The van der Waals surface area contributed by atoms with Crippen LogP contribution in [0.3, 0.4) is 0 Å². The van der Waals surface area contributed by atoms with Gasteiger partial charge in [0.1, 0.15) is 0 Å². The maximum absolute atomic E-state index is 6.34. The third-order valence-electron chi connectivity index (χ3n) is 3.63. The SMILES string of the molecule is CCC(C)(N)C1CC(C)(C)OC1(C)C. The Morgan fingerprint density at radius 2 is 1.86 bits per heavy atom. The Morgan fingerprint density at radius 1 is 1.36 bits per heavy atom. The highest BCUT2D eigenvalue weighted by Crippen LogP contribution is 2.46. The van der Waals surface area contributed by atoms with Gasteiger partial charge >= 0.3 is 0 Å². The highest BCUT2D eigenvalue weighted by atomic mass is 16.5. The Morgan fingerprint density at radius 3 is 2.14 bits per heavy atom. The number of hydrogen-bond acceptors (Lipinski definition) is 2. The molecule has 0 radical (unpaired) electrons. The molecule has 2 heteroatoms. The largest absolute Gasteiger partial charge is 0.369 e. The first-order valence-electron chi connectivity index (χ1n) is 5.60. The Labute approximate surface area is 88.2 Å². The van der Waals surface area contributed by atoms with Crippen molar-refractivity contribution in [3.63, 3.8) is 0 Å². The minimum absolute atomic E-state index is 0.0238. The summed E-state index contributed by atoms with van der Waals surface area (Å²) in [6.07, 6.45) is 2.06. The van der Waals surface area contributed by atoms with E-state index in [1.807, 2.05) is 0 Å². The lowest BCUT2D eigenvalue weighted by Gasteiger charge is -2.38. The summed E-state index contributed by atoms with van der Waals surface area (Å²) in [6, 6.07) is 0. The summed E-state index contributed by atoms with van der Waals surface area (Å²) in [5, 5.41) is 0. The minimum atomic E-state index is -0.114. The molecule has 1 aliphatic rings. The van der Waals surface area contributed by atoms with Crippen molar-refractivity contribution in [3.05, 3.63) is 0 Å². The topological polar surface area (TPSA) is 35.2 Å². The second kappa shape index (κ2) is 3.21. The van der Waals surface area contributed by atoms with Gasteiger partial charge < -0.3 is 10.5 Å². The van der Waals surface area contributed by atoms with E-state index >= 15 is 0 Å². The fourth-order valence-corrected chi connectivity index (χ4v) is 2.84. The van der Waals surface area contributed by atoms with Crippen molar-refractivity contribution < 1.29 is 4.74 Å². The molecule has 84 valence electrons. The highest BCUT2D eigenvalue weighted by Gasteiger charge is 2.51. The van der Waals surface area contributed by atoms with E-state index in [1.54, 1.807) is 0 Å². The Bertz CT molecular complexity index is 218. The van der Waals surface area contributed by atoms with Crippen molar-refractivity contribution >= 4 is 0 Å². The van der Waals surface area contributed by atoms with E-state index in [-0.39, 0.29) is 16.7 Å². The lowest BCUT2D eigenvalue weighted by molar-refractivity contribution is -0.0811. The third-order valence-corrected chi connectivity index (χ3v) is 3.63. The molecule has 0 amide bonds. The van der Waals surface area contributed by atoms with Gasteiger partial charge in [0.15, 0.2) is 0 Å². The van der Waals surface area contributed by atoms with Crippen LogP contribution in [0.4, 0.5) is 0 Å². The van der Waals surface area contributed by atoms with Gasteiger partial charge in [-0.2, -0.15) is 0 Å². The normalized spacial score (nSPS) is 34.1. The van der Waals surface area contributed by atoms with Gasteiger partial charge in [-0.1, -0.05) is 6.92 Å². The van der Waals surface area contributed by atoms with Crippen LogP contribution in [0.1, 0.15) is 54.4 Å². The summed E-state index contributed by atoms with van der Waals surface area (Å²) in [5.74, 6) is 0.440. The van der Waals surface area contributed by atoms with E-state index in [0.29, 0.717) is 5.92 Å². The van der Waals surface area contributed by atoms with Gasteiger partial charge in [-0.25, -0.2) is 0 Å². The molecule has 0 bridgehead atoms. The lowest BCUT2D eigenvalue weighted by atomic mass is 9.73. The minimum Gasteiger partial charge on any atom is -0.369 e. The van der Waals surface area contributed by atoms with Crippen LogP contribution in [-0.4, -0.2) is 16.7 Å². The second-order valence-corrected chi connectivity index (χ2v) is 6.08. The summed E-state index contributed by atoms with van der Waals surface area (Å²) < 4.78 is 6.06. The molecule has 1 fully saturated rings. The molecule has 14 heavy (non-hydrogen) atoms. The van der Waals surface area contributed by atoms with Crippen LogP contribution in [-0.2, 0) is 4.74 Å². The van der Waals surface area contributed by atoms with Crippen LogP contribution >= 0.6 is 0 Å². The van der Waals surface area contributed by atoms with Crippen LogP contribution in [0.15, 0.2) is 0 Å². The smallest absolute Gasteiger partial charge is 0.0680 e. The van der Waals surface area contributed by atoms with Gasteiger partial charge in [-0.15, -0.1) is 0 Å². The molecule has 1 saturated heterocycles. The molecular formula is C12H25NO. The van der Waals surface area contributed by atoms with Crippen LogP contribution in [0, 0.1) is 5.92 Å². The van der Waals surface area contributed by atoms with E-state index in [4.69, 9.17) is 10.5 Å². The maximum Gasteiger partial charge on any atom is 0.0680 e. The number of rotatable bonds is 2. The quantitative estimate of drug-likeness (QED) is 0.742. The molecule has 0 aromatic rings. The van der Waals surface area contributed by atoms with Crippen molar-refractivity contribution in [3.8, 4) is 0 Å². The molecule has 0 saturated carbocycles. The zero-order valence-electron chi connectivity index (χ0n) is 10.5. The lowest BCUT2D eigenvalue weighted by Crippen LogP contribution is -2.50. The highest BCUT2D eigenvalue weighted by molar-refractivity contribution is 5.03. The molecule has 2 unspecified atom stereocenters. The van der Waals surface area contributed by atoms with Gasteiger partial charge in [-0.05, 0) is 47.5 Å². The van der Waals surface area contributed by atoms with E-state index < -0.39 is 0 Å². The van der Waals surface area contributed by atoms with Crippen LogP contribution in [0.2, 0.25) is 0 Å². The van der Waals surface area contributed by atoms with Crippen LogP contribution in [0.5, 0.6) is 0 Å². The summed E-state index contributed by atoms with van der Waals surface area (Å²) >= 11 is 0. The van der Waals surface area contributed by atoms with Gasteiger partial charge in [0.05, 0.1) is 11.2 Å². The molecule has 1 aliphatic heterocycles. The molecule has 1 rings (SSSR count). The van der Waals surface area contributed by atoms with Crippen molar-refractivity contribution in [1.82, 2.24) is 0 Å². The Kier molecular flexibility index (Phi) is 2.75. The predicted molar refractivity (Wildman–Crippen MR) is 60.2 cm³/mol. The summed E-state index contributed by atoms with van der Waals surface area (Å²) in [5.41, 5.74) is 6.11. The average Bonchev–Trinajstić information content (AvgIpc) is 2.19. The first-order chi connectivity index (χ1) is 6.11. The number of nitrogens with two attached hydrogens (primary N) is 1. The summed E-state index contributed by atoms with van der Waals surface area (Å²) in [6.45, 7) is 12.9. The molecule has 2 N–H and O–H groups in total. The van der Waals surface area contributed by atoms with Gasteiger partial charge in [0.2, 0.25) is 0 Å². The predicted octanol–water partition coefficient (Wildman–Crippen LogP) is 2.71. The van der Waals surface area contributed by atoms with Crippen molar-refractivity contribution in [2.45, 2.75) is 71.1 Å². The summed E-state index contributed by atoms with van der Waals surface area (Å²) in [7, 11) is 0. The first kappa shape index (κ1) is 12.0.